The molecule has 1 heterocycles. The molecule has 0 aliphatic carbocycles. The highest BCUT2D eigenvalue weighted by molar-refractivity contribution is 7.89. The summed E-state index contributed by atoms with van der Waals surface area (Å²) >= 11 is 6.15. The number of hydrogen-bond acceptors (Lipinski definition) is 4. The van der Waals surface area contributed by atoms with Crippen LogP contribution >= 0.6 is 11.6 Å². The van der Waals surface area contributed by atoms with E-state index >= 15 is 0 Å². The van der Waals surface area contributed by atoms with Gasteiger partial charge in [0.2, 0.25) is 10.0 Å². The van der Waals surface area contributed by atoms with Crippen LogP contribution in [-0.4, -0.2) is 22.3 Å². The van der Waals surface area contributed by atoms with Crippen LogP contribution < -0.4 is 16.1 Å². The molecule has 0 unspecified atom stereocenters. The lowest BCUT2D eigenvalue weighted by molar-refractivity contribution is 0.565. The molecule has 0 aliphatic heterocycles. The van der Waals surface area contributed by atoms with Crippen molar-refractivity contribution in [3.63, 3.8) is 0 Å². The number of halogens is 1. The molecule has 0 saturated carbocycles. The summed E-state index contributed by atoms with van der Waals surface area (Å²) in [5.74, 6) is 0. The van der Waals surface area contributed by atoms with Gasteiger partial charge in [0.15, 0.2) is 0 Å². The van der Waals surface area contributed by atoms with Crippen molar-refractivity contribution in [2.45, 2.75) is 11.4 Å². The summed E-state index contributed by atoms with van der Waals surface area (Å²) in [6.07, 6.45) is 0. The van der Waals surface area contributed by atoms with E-state index in [1.165, 1.54) is 32.3 Å². The third-order valence-electron chi connectivity index (χ3n) is 4.16. The summed E-state index contributed by atoms with van der Waals surface area (Å²) in [6, 6.07) is 13.0. The Morgan fingerprint density at radius 3 is 2.11 bits per heavy atom. The zero-order chi connectivity index (χ0) is 19.8. The molecule has 2 aromatic carbocycles. The summed E-state index contributed by atoms with van der Waals surface area (Å²) in [4.78, 5) is 24.3. The molecule has 8 nitrogen and oxygen atoms in total. The topological polar surface area (TPSA) is 95.1 Å². The van der Waals surface area contributed by atoms with Crippen molar-refractivity contribution in [2.24, 2.45) is 14.1 Å². The number of sulfonamides is 1. The average molecular weight is 409 g/mol. The second-order valence-corrected chi connectivity index (χ2v) is 8.02. The van der Waals surface area contributed by atoms with Crippen molar-refractivity contribution in [2.75, 3.05) is 0 Å². The van der Waals surface area contributed by atoms with Gasteiger partial charge in [-0.1, -0.05) is 41.9 Å². The smallest absolute Gasteiger partial charge is 0.246 e. The summed E-state index contributed by atoms with van der Waals surface area (Å²) in [5, 5.41) is -0.0918. The second-order valence-electron chi connectivity index (χ2n) is 5.87. The predicted molar refractivity (Wildman–Crippen MR) is 102 cm³/mol. The third kappa shape index (κ3) is 3.61. The number of nitrogens with zero attached hydrogens (tertiary/aromatic N) is 3. The van der Waals surface area contributed by atoms with E-state index in [2.05, 4.69) is 4.72 Å². The van der Waals surface area contributed by atoms with E-state index in [9.17, 15) is 18.0 Å². The molecule has 0 saturated heterocycles. The molecule has 0 atom stereocenters. The Labute approximate surface area is 160 Å². The monoisotopic (exact) mass is 408 g/mol. The summed E-state index contributed by atoms with van der Waals surface area (Å²) in [5.41, 5.74) is -0.130. The Morgan fingerprint density at radius 1 is 0.963 bits per heavy atom. The van der Waals surface area contributed by atoms with Gasteiger partial charge < -0.3 is 0 Å². The van der Waals surface area contributed by atoms with Gasteiger partial charge in [-0.15, -0.1) is 0 Å². The van der Waals surface area contributed by atoms with Gasteiger partial charge in [0, 0.05) is 20.6 Å². The van der Waals surface area contributed by atoms with Gasteiger partial charge in [-0.2, -0.15) is 0 Å². The number of hydrogen-bond donors (Lipinski definition) is 1. The fourth-order valence-electron chi connectivity index (χ4n) is 2.55. The van der Waals surface area contributed by atoms with E-state index in [1.54, 1.807) is 12.1 Å². The van der Waals surface area contributed by atoms with Crippen LogP contribution in [0.2, 0.25) is 5.02 Å². The zero-order valence-corrected chi connectivity index (χ0v) is 16.2. The SMILES string of the molecule is Cn1c(=O)n(-c2ccc(S(=O)(=O)NCc3ccccc3)c(Cl)c2)c(=O)n1C. The molecule has 0 fully saturated rings. The van der Waals surface area contributed by atoms with Gasteiger partial charge in [-0.05, 0) is 23.8 Å². The maximum atomic E-state index is 12.5. The molecule has 0 amide bonds. The van der Waals surface area contributed by atoms with Gasteiger partial charge in [0.05, 0.1) is 10.7 Å². The molecule has 0 bridgehead atoms. The Balaban J connectivity index is 1.94. The summed E-state index contributed by atoms with van der Waals surface area (Å²) < 4.78 is 30.7. The first-order chi connectivity index (χ1) is 12.7. The quantitative estimate of drug-likeness (QED) is 0.681. The first-order valence-electron chi connectivity index (χ1n) is 7.91. The van der Waals surface area contributed by atoms with Crippen LogP contribution in [-0.2, 0) is 30.7 Å². The zero-order valence-electron chi connectivity index (χ0n) is 14.6. The highest BCUT2D eigenvalue weighted by Crippen LogP contribution is 2.23. The van der Waals surface area contributed by atoms with Gasteiger partial charge in [0.1, 0.15) is 4.90 Å². The lowest BCUT2D eigenvalue weighted by atomic mass is 10.2. The first kappa shape index (κ1) is 19.2. The fraction of sp³-hybridized carbons (Fsp3) is 0.176. The number of nitrogens with one attached hydrogen (secondary N) is 1. The van der Waals surface area contributed by atoms with Crippen LogP contribution in [0.1, 0.15) is 5.56 Å². The number of rotatable bonds is 5. The molecule has 142 valence electrons. The van der Waals surface area contributed by atoms with E-state index in [4.69, 9.17) is 11.6 Å². The minimum atomic E-state index is -3.87. The minimum absolute atomic E-state index is 0.0918. The standard InChI is InChI=1S/C17H17ClN4O4S/c1-20-16(23)22(17(24)21(20)2)13-8-9-15(14(18)10-13)27(25,26)19-11-12-6-4-3-5-7-12/h3-10,19H,11H2,1-2H3. The summed E-state index contributed by atoms with van der Waals surface area (Å²) in [7, 11) is -0.964. The van der Waals surface area contributed by atoms with E-state index in [-0.39, 0.29) is 22.2 Å². The molecule has 10 heteroatoms. The van der Waals surface area contributed by atoms with Gasteiger partial charge in [-0.25, -0.2) is 36.7 Å². The third-order valence-corrected chi connectivity index (χ3v) is 6.04. The lowest BCUT2D eigenvalue weighted by Gasteiger charge is -2.10. The highest BCUT2D eigenvalue weighted by Gasteiger charge is 2.20. The van der Waals surface area contributed by atoms with Crippen molar-refractivity contribution in [1.29, 1.82) is 0 Å². The van der Waals surface area contributed by atoms with Crippen LogP contribution in [0.25, 0.3) is 5.69 Å². The maximum Gasteiger partial charge on any atom is 0.351 e. The van der Waals surface area contributed by atoms with E-state index in [0.29, 0.717) is 0 Å². The number of aromatic nitrogens is 3. The van der Waals surface area contributed by atoms with Gasteiger partial charge >= 0.3 is 11.4 Å². The first-order valence-corrected chi connectivity index (χ1v) is 9.77. The van der Waals surface area contributed by atoms with Crippen molar-refractivity contribution >= 4 is 21.6 Å². The van der Waals surface area contributed by atoms with E-state index in [1.807, 2.05) is 18.2 Å². The van der Waals surface area contributed by atoms with Crippen LogP contribution in [0.15, 0.2) is 63.0 Å². The molecular weight excluding hydrogens is 392 g/mol. The molecule has 1 N–H and O–H groups in total. The van der Waals surface area contributed by atoms with E-state index in [0.717, 1.165) is 19.5 Å². The largest absolute Gasteiger partial charge is 0.351 e. The lowest BCUT2D eigenvalue weighted by Crippen LogP contribution is -2.27. The normalized spacial score (nSPS) is 11.7. The molecule has 1 aromatic heterocycles. The molecule has 0 spiro atoms. The molecule has 0 radical (unpaired) electrons. The minimum Gasteiger partial charge on any atom is -0.246 e. The summed E-state index contributed by atoms with van der Waals surface area (Å²) in [6.45, 7) is 0.111. The molecular formula is C17H17ClN4O4S. The molecule has 3 rings (SSSR count). The van der Waals surface area contributed by atoms with Gasteiger partial charge in [0.25, 0.3) is 0 Å². The van der Waals surface area contributed by atoms with Crippen LogP contribution in [0.3, 0.4) is 0 Å². The van der Waals surface area contributed by atoms with Crippen LogP contribution in [0.4, 0.5) is 0 Å². The Morgan fingerprint density at radius 2 is 1.56 bits per heavy atom. The van der Waals surface area contributed by atoms with Crippen LogP contribution in [0, 0.1) is 0 Å². The van der Waals surface area contributed by atoms with Gasteiger partial charge in [-0.3, -0.25) is 0 Å². The molecule has 0 aliphatic rings. The van der Waals surface area contributed by atoms with Crippen molar-refractivity contribution in [3.05, 3.63) is 80.1 Å². The fourth-order valence-corrected chi connectivity index (χ4v) is 4.10. The van der Waals surface area contributed by atoms with E-state index < -0.39 is 21.4 Å². The highest BCUT2D eigenvalue weighted by atomic mass is 35.5. The van der Waals surface area contributed by atoms with Crippen molar-refractivity contribution in [3.8, 4) is 5.69 Å². The van der Waals surface area contributed by atoms with Crippen LogP contribution in [0.5, 0.6) is 0 Å². The second kappa shape index (κ2) is 7.18. The Hall–Kier alpha value is -2.62. The van der Waals surface area contributed by atoms with Crippen molar-refractivity contribution < 1.29 is 8.42 Å². The number of benzene rings is 2. The van der Waals surface area contributed by atoms with Crippen molar-refractivity contribution in [1.82, 2.24) is 18.7 Å². The molecule has 27 heavy (non-hydrogen) atoms. The molecule has 3 aromatic rings. The predicted octanol–water partition coefficient (Wildman–Crippen LogP) is 1.01. The Bertz CT molecular complexity index is 1180. The average Bonchev–Trinajstić information content (AvgIpc) is 2.84. The maximum absolute atomic E-state index is 12.5. The Kier molecular flexibility index (Phi) is 5.09.